The normalized spacial score (nSPS) is 15.1. The van der Waals surface area contributed by atoms with Gasteiger partial charge in [-0.05, 0) is 24.1 Å². The van der Waals surface area contributed by atoms with Crippen LogP contribution in [0.25, 0.3) is 0 Å². The molecule has 1 aromatic carbocycles. The van der Waals surface area contributed by atoms with Gasteiger partial charge in [-0.2, -0.15) is 0 Å². The van der Waals surface area contributed by atoms with Crippen molar-refractivity contribution in [1.29, 1.82) is 0 Å². The molecule has 68 valence electrons. The van der Waals surface area contributed by atoms with Gasteiger partial charge in [-0.25, -0.2) is 0 Å². The van der Waals surface area contributed by atoms with Crippen LogP contribution in [0.2, 0.25) is 5.02 Å². The molecular weight excluding hydrogens is 206 g/mol. The van der Waals surface area contributed by atoms with Gasteiger partial charge < -0.3 is 5.32 Å². The van der Waals surface area contributed by atoms with Gasteiger partial charge in [-0.15, -0.1) is 12.6 Å². The zero-order valence-electron chi connectivity index (χ0n) is 6.80. The van der Waals surface area contributed by atoms with Crippen molar-refractivity contribution in [2.75, 3.05) is 5.32 Å². The van der Waals surface area contributed by atoms with Crippen molar-refractivity contribution in [1.82, 2.24) is 0 Å². The highest BCUT2D eigenvalue weighted by Crippen LogP contribution is 2.30. The van der Waals surface area contributed by atoms with E-state index in [1.165, 1.54) is 0 Å². The van der Waals surface area contributed by atoms with Gasteiger partial charge in [0.05, 0.1) is 5.02 Å². The number of benzene rings is 1. The van der Waals surface area contributed by atoms with Gasteiger partial charge >= 0.3 is 0 Å². The molecule has 0 aliphatic carbocycles. The number of carbonyl (C=O) groups excluding carboxylic acids is 1. The molecule has 1 aliphatic rings. The summed E-state index contributed by atoms with van der Waals surface area (Å²) in [7, 11) is 0. The maximum Gasteiger partial charge on any atom is 0.224 e. The minimum atomic E-state index is 0.0579. The zero-order chi connectivity index (χ0) is 9.42. The first-order valence-electron chi connectivity index (χ1n) is 3.98. The first-order chi connectivity index (χ1) is 6.16. The lowest BCUT2D eigenvalue weighted by molar-refractivity contribution is -0.116. The van der Waals surface area contributed by atoms with Gasteiger partial charge in [0.2, 0.25) is 5.91 Å². The van der Waals surface area contributed by atoms with Crippen LogP contribution in [0.1, 0.15) is 12.0 Å². The standard InChI is InChI=1S/C9H8ClNOS/c10-6-3-5-1-2-9(12)11-7(5)4-8(6)13/h3-4,13H,1-2H2,(H,11,12). The fourth-order valence-electron chi connectivity index (χ4n) is 1.39. The van der Waals surface area contributed by atoms with E-state index in [-0.39, 0.29) is 5.91 Å². The van der Waals surface area contributed by atoms with Crippen molar-refractivity contribution in [2.24, 2.45) is 0 Å². The number of anilines is 1. The summed E-state index contributed by atoms with van der Waals surface area (Å²) in [6.45, 7) is 0. The summed E-state index contributed by atoms with van der Waals surface area (Å²) >= 11 is 10.1. The van der Waals surface area contributed by atoms with Gasteiger partial charge in [0, 0.05) is 17.0 Å². The average Bonchev–Trinajstić information content (AvgIpc) is 2.08. The van der Waals surface area contributed by atoms with Gasteiger partial charge in [0.15, 0.2) is 0 Å². The third-order valence-corrected chi connectivity index (χ3v) is 2.88. The molecule has 0 saturated heterocycles. The smallest absolute Gasteiger partial charge is 0.224 e. The second-order valence-corrected chi connectivity index (χ2v) is 3.90. The molecule has 2 nitrogen and oxygen atoms in total. The SMILES string of the molecule is O=C1CCc2cc(Cl)c(S)cc2N1. The van der Waals surface area contributed by atoms with E-state index in [0.29, 0.717) is 16.3 Å². The third kappa shape index (κ3) is 1.67. The molecule has 0 fully saturated rings. The molecule has 2 rings (SSSR count). The van der Waals surface area contributed by atoms with E-state index < -0.39 is 0 Å². The number of hydrogen-bond acceptors (Lipinski definition) is 2. The third-order valence-electron chi connectivity index (χ3n) is 2.07. The summed E-state index contributed by atoms with van der Waals surface area (Å²) in [5, 5.41) is 3.42. The fourth-order valence-corrected chi connectivity index (χ4v) is 1.77. The Kier molecular flexibility index (Phi) is 2.22. The van der Waals surface area contributed by atoms with E-state index in [1.54, 1.807) is 6.07 Å². The van der Waals surface area contributed by atoms with Crippen LogP contribution in [-0.4, -0.2) is 5.91 Å². The number of halogens is 1. The van der Waals surface area contributed by atoms with E-state index in [9.17, 15) is 4.79 Å². The van der Waals surface area contributed by atoms with Crippen LogP contribution in [0.15, 0.2) is 17.0 Å². The Hall–Kier alpha value is -0.670. The molecule has 1 aromatic rings. The molecule has 0 aromatic heterocycles. The molecule has 0 atom stereocenters. The van der Waals surface area contributed by atoms with Crippen LogP contribution >= 0.6 is 24.2 Å². The average molecular weight is 214 g/mol. The Morgan fingerprint density at radius 1 is 1.38 bits per heavy atom. The zero-order valence-corrected chi connectivity index (χ0v) is 8.45. The molecule has 13 heavy (non-hydrogen) atoms. The number of fused-ring (bicyclic) bond motifs is 1. The highest BCUT2D eigenvalue weighted by molar-refractivity contribution is 7.80. The maximum absolute atomic E-state index is 11.1. The first kappa shape index (κ1) is 8.91. The first-order valence-corrected chi connectivity index (χ1v) is 4.80. The predicted molar refractivity (Wildman–Crippen MR) is 55.7 cm³/mol. The molecule has 1 amide bonds. The van der Waals surface area contributed by atoms with E-state index >= 15 is 0 Å². The highest BCUT2D eigenvalue weighted by atomic mass is 35.5. The molecule has 1 aliphatic heterocycles. The van der Waals surface area contributed by atoms with Gasteiger partial charge in [-0.3, -0.25) is 4.79 Å². The van der Waals surface area contributed by atoms with Crippen molar-refractivity contribution in [2.45, 2.75) is 17.7 Å². The van der Waals surface area contributed by atoms with Crippen LogP contribution in [0.4, 0.5) is 5.69 Å². The minimum Gasteiger partial charge on any atom is -0.326 e. The molecule has 0 radical (unpaired) electrons. The molecule has 0 spiro atoms. The molecule has 0 bridgehead atoms. The summed E-state index contributed by atoms with van der Waals surface area (Å²) in [5.41, 5.74) is 1.92. The predicted octanol–water partition coefficient (Wildman–Crippen LogP) is 2.51. The monoisotopic (exact) mass is 213 g/mol. The highest BCUT2D eigenvalue weighted by Gasteiger charge is 2.15. The number of thiol groups is 1. The largest absolute Gasteiger partial charge is 0.326 e. The summed E-state index contributed by atoms with van der Waals surface area (Å²) in [5.74, 6) is 0.0579. The lowest BCUT2D eigenvalue weighted by Crippen LogP contribution is -2.18. The molecule has 1 N–H and O–H groups in total. The van der Waals surface area contributed by atoms with Crippen LogP contribution in [0, 0.1) is 0 Å². The van der Waals surface area contributed by atoms with E-state index in [0.717, 1.165) is 17.7 Å². The number of nitrogens with one attached hydrogen (secondary N) is 1. The van der Waals surface area contributed by atoms with Gasteiger partial charge in [-0.1, -0.05) is 11.6 Å². The Bertz CT molecular complexity index is 378. The van der Waals surface area contributed by atoms with Crippen molar-refractivity contribution >= 4 is 35.8 Å². The van der Waals surface area contributed by atoms with Gasteiger partial charge in [0.25, 0.3) is 0 Å². The number of amides is 1. The summed E-state index contributed by atoms with van der Waals surface area (Å²) < 4.78 is 0. The van der Waals surface area contributed by atoms with Crippen molar-refractivity contribution in [3.05, 3.63) is 22.7 Å². The fraction of sp³-hybridized carbons (Fsp3) is 0.222. The Balaban J connectivity index is 2.49. The van der Waals surface area contributed by atoms with E-state index in [4.69, 9.17) is 11.6 Å². The van der Waals surface area contributed by atoms with Crippen molar-refractivity contribution < 1.29 is 4.79 Å². The van der Waals surface area contributed by atoms with Crippen LogP contribution < -0.4 is 5.32 Å². The topological polar surface area (TPSA) is 29.1 Å². The number of carbonyl (C=O) groups is 1. The van der Waals surface area contributed by atoms with Crippen LogP contribution in [0.3, 0.4) is 0 Å². The quantitative estimate of drug-likeness (QED) is 0.638. The summed E-state index contributed by atoms with van der Waals surface area (Å²) in [4.78, 5) is 11.7. The van der Waals surface area contributed by atoms with E-state index in [1.807, 2.05) is 6.07 Å². The molecule has 0 unspecified atom stereocenters. The molecule has 0 saturated carbocycles. The number of rotatable bonds is 0. The summed E-state index contributed by atoms with van der Waals surface area (Å²) in [6, 6.07) is 3.65. The molecular formula is C9H8ClNOS. The maximum atomic E-state index is 11.1. The van der Waals surface area contributed by atoms with E-state index in [2.05, 4.69) is 17.9 Å². The van der Waals surface area contributed by atoms with Crippen molar-refractivity contribution in [3.8, 4) is 0 Å². The summed E-state index contributed by atoms with van der Waals surface area (Å²) in [6.07, 6.45) is 1.30. The molecule has 1 heterocycles. The van der Waals surface area contributed by atoms with Gasteiger partial charge in [0.1, 0.15) is 0 Å². The number of aryl methyl sites for hydroxylation is 1. The number of hydrogen-bond donors (Lipinski definition) is 2. The second kappa shape index (κ2) is 3.24. The van der Waals surface area contributed by atoms with Crippen molar-refractivity contribution in [3.63, 3.8) is 0 Å². The Labute approximate surface area is 86.7 Å². The molecule has 4 heteroatoms. The lowest BCUT2D eigenvalue weighted by atomic mass is 10.0. The second-order valence-electron chi connectivity index (χ2n) is 3.01. The Morgan fingerprint density at radius 3 is 2.92 bits per heavy atom. The van der Waals surface area contributed by atoms with Crippen LogP contribution in [0.5, 0.6) is 0 Å². The lowest BCUT2D eigenvalue weighted by Gasteiger charge is -2.17. The minimum absolute atomic E-state index is 0.0579. The van der Waals surface area contributed by atoms with Crippen LogP contribution in [-0.2, 0) is 11.2 Å². The Morgan fingerprint density at radius 2 is 2.15 bits per heavy atom.